The SMILES string of the molecule is CC1=[C]([W]([CH3])([CH3])[N]=O)CC=C1. The molecule has 0 aromatic carbocycles. The Labute approximate surface area is 70.8 Å². The second kappa shape index (κ2) is 3.02. The molecule has 0 saturated heterocycles. The minimum atomic E-state index is -2.62. The van der Waals surface area contributed by atoms with Crippen molar-refractivity contribution in [2.24, 2.45) is 3.74 Å². The van der Waals surface area contributed by atoms with Gasteiger partial charge in [-0.1, -0.05) is 0 Å². The molecule has 2 nitrogen and oxygen atoms in total. The van der Waals surface area contributed by atoms with Gasteiger partial charge in [-0.05, 0) is 0 Å². The van der Waals surface area contributed by atoms with Gasteiger partial charge in [0.1, 0.15) is 0 Å². The molecular formula is C8H13NOW. The molecule has 0 aromatic rings. The van der Waals surface area contributed by atoms with Crippen LogP contribution in [0.3, 0.4) is 0 Å². The van der Waals surface area contributed by atoms with E-state index in [4.69, 9.17) is 0 Å². The van der Waals surface area contributed by atoms with E-state index in [0.29, 0.717) is 0 Å². The summed E-state index contributed by atoms with van der Waals surface area (Å²) in [6.07, 6.45) is 5.19. The van der Waals surface area contributed by atoms with Crippen LogP contribution in [0, 0.1) is 4.91 Å². The van der Waals surface area contributed by atoms with Crippen molar-refractivity contribution in [3.05, 3.63) is 26.6 Å². The number of rotatable bonds is 2. The quantitative estimate of drug-likeness (QED) is 0.718. The van der Waals surface area contributed by atoms with Gasteiger partial charge < -0.3 is 0 Å². The molecule has 1 aliphatic rings. The summed E-state index contributed by atoms with van der Waals surface area (Å²) < 4.78 is 4.67. The number of allylic oxidation sites excluding steroid dienone is 4. The predicted octanol–water partition coefficient (Wildman–Crippen LogP) is 3.15. The molecule has 1 rings (SSSR count). The van der Waals surface area contributed by atoms with E-state index in [0.717, 1.165) is 6.42 Å². The van der Waals surface area contributed by atoms with Gasteiger partial charge in [0, 0.05) is 0 Å². The second-order valence-electron chi connectivity index (χ2n) is 3.06. The Bertz CT molecular complexity index is 240. The molecule has 0 radical (unpaired) electrons. The van der Waals surface area contributed by atoms with Crippen LogP contribution in [-0.4, -0.2) is 0 Å². The average Bonchev–Trinajstić information content (AvgIpc) is 2.36. The van der Waals surface area contributed by atoms with E-state index < -0.39 is 16.3 Å². The van der Waals surface area contributed by atoms with Crippen molar-refractivity contribution in [1.29, 1.82) is 0 Å². The average molecular weight is 323 g/mol. The molecule has 0 heterocycles. The van der Waals surface area contributed by atoms with Crippen LogP contribution in [0.4, 0.5) is 0 Å². The van der Waals surface area contributed by atoms with Crippen molar-refractivity contribution < 1.29 is 16.3 Å². The normalized spacial score (nSPS) is 19.2. The van der Waals surface area contributed by atoms with E-state index in [1.54, 1.807) is 0 Å². The van der Waals surface area contributed by atoms with Crippen molar-refractivity contribution in [3.8, 4) is 0 Å². The van der Waals surface area contributed by atoms with Crippen LogP contribution in [0.5, 0.6) is 0 Å². The van der Waals surface area contributed by atoms with Crippen LogP contribution in [0.1, 0.15) is 13.3 Å². The summed E-state index contributed by atoms with van der Waals surface area (Å²) in [4.78, 5) is 10.5. The molecule has 62 valence electrons. The van der Waals surface area contributed by atoms with Crippen molar-refractivity contribution in [3.63, 3.8) is 0 Å². The topological polar surface area (TPSA) is 29.4 Å². The van der Waals surface area contributed by atoms with Crippen LogP contribution in [0.2, 0.25) is 10.6 Å². The van der Waals surface area contributed by atoms with Crippen LogP contribution in [0.25, 0.3) is 0 Å². The number of nitroso groups, excluding NO2 is 1. The molecule has 0 aromatic heterocycles. The third-order valence-corrected chi connectivity index (χ3v) is 9.33. The maximum atomic E-state index is 10.5. The van der Waals surface area contributed by atoms with E-state index in [1.807, 2.05) is 0 Å². The molecule has 11 heavy (non-hydrogen) atoms. The van der Waals surface area contributed by atoms with Gasteiger partial charge in [0.05, 0.1) is 0 Å². The Hall–Kier alpha value is -0.232. The van der Waals surface area contributed by atoms with E-state index in [-0.39, 0.29) is 0 Å². The molecule has 0 atom stereocenters. The monoisotopic (exact) mass is 323 g/mol. The molecule has 0 fully saturated rings. The Morgan fingerprint density at radius 3 is 2.55 bits per heavy atom. The summed E-state index contributed by atoms with van der Waals surface area (Å²) in [5.41, 5.74) is 1.28. The van der Waals surface area contributed by atoms with Gasteiger partial charge in [-0.25, -0.2) is 0 Å². The van der Waals surface area contributed by atoms with Gasteiger partial charge in [-0.2, -0.15) is 0 Å². The Balaban J connectivity index is 2.93. The third-order valence-electron chi connectivity index (χ3n) is 1.90. The van der Waals surface area contributed by atoms with Gasteiger partial charge >= 0.3 is 70.6 Å². The molecule has 0 N–H and O–H groups in total. The summed E-state index contributed by atoms with van der Waals surface area (Å²) >= 11 is -2.62. The zero-order valence-electron chi connectivity index (χ0n) is 7.13. The number of hydrogen-bond acceptors (Lipinski definition) is 2. The summed E-state index contributed by atoms with van der Waals surface area (Å²) in [7, 11) is 0. The van der Waals surface area contributed by atoms with E-state index in [9.17, 15) is 4.91 Å². The summed E-state index contributed by atoms with van der Waals surface area (Å²) in [6, 6.07) is 0. The molecule has 0 saturated carbocycles. The molecule has 0 aliphatic heterocycles. The Morgan fingerprint density at radius 1 is 1.55 bits per heavy atom. The van der Waals surface area contributed by atoms with Crippen LogP contribution in [0.15, 0.2) is 25.4 Å². The van der Waals surface area contributed by atoms with Gasteiger partial charge in [0.25, 0.3) is 0 Å². The molecular weight excluding hydrogens is 310 g/mol. The zero-order chi connectivity index (χ0) is 8.48. The minimum absolute atomic E-state index is 0.972. The van der Waals surface area contributed by atoms with Crippen LogP contribution >= 0.6 is 0 Å². The fraction of sp³-hybridized carbons (Fsp3) is 0.500. The van der Waals surface area contributed by atoms with E-state index >= 15 is 0 Å². The van der Waals surface area contributed by atoms with Gasteiger partial charge in [-0.3, -0.25) is 0 Å². The number of nitrogens with zero attached hydrogens (tertiary/aromatic N) is 1. The first kappa shape index (κ1) is 8.86. The standard InChI is InChI=1S/C6H7.2CH3.NO.W/c1-6-4-2-3-5-6;;;1-2;/h2,4H,3H2,1H3;2*1H3;;/q;;;-1;+1. The van der Waals surface area contributed by atoms with E-state index in [1.165, 1.54) is 9.54 Å². The van der Waals surface area contributed by atoms with Gasteiger partial charge in [0.2, 0.25) is 0 Å². The number of hydrogen-bond donors (Lipinski definition) is 0. The first-order chi connectivity index (χ1) is 5.08. The molecule has 3 heteroatoms. The summed E-state index contributed by atoms with van der Waals surface area (Å²) in [5, 5.41) is 4.12. The summed E-state index contributed by atoms with van der Waals surface area (Å²) in [6.45, 7) is 2.07. The molecule has 0 bridgehead atoms. The molecule has 0 unspecified atom stereocenters. The second-order valence-corrected chi connectivity index (χ2v) is 14.5. The van der Waals surface area contributed by atoms with Crippen molar-refractivity contribution >= 4 is 0 Å². The van der Waals surface area contributed by atoms with Gasteiger partial charge in [-0.15, -0.1) is 0 Å². The molecule has 1 aliphatic carbocycles. The Kier molecular flexibility index (Phi) is 2.43. The van der Waals surface area contributed by atoms with Gasteiger partial charge in [0.15, 0.2) is 0 Å². The first-order valence-corrected chi connectivity index (χ1v) is 12.2. The Morgan fingerprint density at radius 2 is 2.18 bits per heavy atom. The molecule has 0 amide bonds. The van der Waals surface area contributed by atoms with Crippen LogP contribution in [-0.2, 0) is 16.3 Å². The third kappa shape index (κ3) is 1.67. The van der Waals surface area contributed by atoms with Crippen molar-refractivity contribution in [2.75, 3.05) is 0 Å². The maximum absolute atomic E-state index is 10.5. The van der Waals surface area contributed by atoms with Crippen molar-refractivity contribution in [1.82, 2.24) is 0 Å². The van der Waals surface area contributed by atoms with E-state index in [2.05, 4.69) is 33.4 Å². The fourth-order valence-corrected chi connectivity index (χ4v) is 6.45. The zero-order valence-corrected chi connectivity index (χ0v) is 10.1. The van der Waals surface area contributed by atoms with Crippen molar-refractivity contribution in [2.45, 2.75) is 24.0 Å². The fourth-order valence-electron chi connectivity index (χ4n) is 1.24. The predicted molar refractivity (Wildman–Crippen MR) is 44.0 cm³/mol. The summed E-state index contributed by atoms with van der Waals surface area (Å²) in [5.74, 6) is 0. The van der Waals surface area contributed by atoms with Crippen LogP contribution < -0.4 is 0 Å². The first-order valence-electron chi connectivity index (χ1n) is 3.52. The molecule has 0 spiro atoms.